The number of fused-ring (bicyclic) bond motifs is 1. The molecule has 2 aromatic heterocycles. The molecule has 1 aromatic carbocycles. The number of benzene rings is 1. The first-order chi connectivity index (χ1) is 15.0. The Morgan fingerprint density at radius 1 is 1.06 bits per heavy atom. The Morgan fingerprint density at radius 3 is 2.48 bits per heavy atom. The first-order valence-corrected chi connectivity index (χ1v) is 11.1. The SMILES string of the molecule is Cc1cc(C(=O)N2CCN(c3ccc4c(=O)n(C5CCCC5)cnc4c3)CC2)c(C)o1. The van der Waals surface area contributed by atoms with E-state index in [1.54, 1.807) is 6.33 Å². The number of carbonyl (C=O) groups excluding carboxylic acids is 1. The predicted octanol–water partition coefficient (Wildman–Crippen LogP) is 3.68. The lowest BCUT2D eigenvalue weighted by Gasteiger charge is -2.36. The van der Waals surface area contributed by atoms with E-state index in [0.29, 0.717) is 29.8 Å². The van der Waals surface area contributed by atoms with Crippen LogP contribution in [0.4, 0.5) is 5.69 Å². The van der Waals surface area contributed by atoms with Crippen LogP contribution >= 0.6 is 0 Å². The van der Waals surface area contributed by atoms with Crippen LogP contribution in [0.1, 0.15) is 53.6 Å². The number of rotatable bonds is 3. The van der Waals surface area contributed by atoms with Gasteiger partial charge in [-0.2, -0.15) is 0 Å². The highest BCUT2D eigenvalue weighted by Crippen LogP contribution is 2.29. The summed E-state index contributed by atoms with van der Waals surface area (Å²) >= 11 is 0. The maximum atomic E-state index is 12.9. The number of carbonyl (C=O) groups is 1. The lowest BCUT2D eigenvalue weighted by atomic mass is 10.1. The third kappa shape index (κ3) is 3.62. The van der Waals surface area contributed by atoms with Crippen molar-refractivity contribution in [2.24, 2.45) is 0 Å². The molecule has 5 rings (SSSR count). The molecule has 0 unspecified atom stereocenters. The minimum Gasteiger partial charge on any atom is -0.466 e. The standard InChI is InChI=1S/C24H28N4O3/c1-16-13-21(17(2)31-16)23(29)27-11-9-26(10-12-27)19-7-8-20-22(14-19)25-15-28(24(20)30)18-5-3-4-6-18/h7-8,13-15,18H,3-6,9-12H2,1-2H3. The molecule has 3 aromatic rings. The van der Waals surface area contributed by atoms with E-state index in [9.17, 15) is 9.59 Å². The first-order valence-electron chi connectivity index (χ1n) is 11.1. The highest BCUT2D eigenvalue weighted by molar-refractivity contribution is 5.95. The van der Waals surface area contributed by atoms with E-state index in [1.807, 2.05) is 47.6 Å². The summed E-state index contributed by atoms with van der Waals surface area (Å²) in [6, 6.07) is 8.01. The summed E-state index contributed by atoms with van der Waals surface area (Å²) < 4.78 is 7.33. The minimum atomic E-state index is 0.0293. The third-order valence-electron chi connectivity index (χ3n) is 6.69. The van der Waals surface area contributed by atoms with Gasteiger partial charge in [-0.25, -0.2) is 4.98 Å². The van der Waals surface area contributed by atoms with Crippen molar-refractivity contribution in [2.45, 2.75) is 45.6 Å². The zero-order valence-electron chi connectivity index (χ0n) is 18.1. The fraction of sp³-hybridized carbons (Fsp3) is 0.458. The molecule has 31 heavy (non-hydrogen) atoms. The van der Waals surface area contributed by atoms with Gasteiger partial charge in [0, 0.05) is 37.9 Å². The molecule has 0 radical (unpaired) electrons. The van der Waals surface area contributed by atoms with Crippen molar-refractivity contribution in [3.05, 3.63) is 58.0 Å². The number of furan rings is 1. The maximum Gasteiger partial charge on any atom is 0.261 e. The van der Waals surface area contributed by atoms with Crippen molar-refractivity contribution in [3.63, 3.8) is 0 Å². The van der Waals surface area contributed by atoms with Gasteiger partial charge in [0.15, 0.2) is 0 Å². The van der Waals surface area contributed by atoms with Gasteiger partial charge in [-0.1, -0.05) is 12.8 Å². The number of hydrogen-bond donors (Lipinski definition) is 0. The molecule has 0 bridgehead atoms. The molecule has 7 nitrogen and oxygen atoms in total. The number of amides is 1. The summed E-state index contributed by atoms with van der Waals surface area (Å²) in [5, 5.41) is 0.678. The highest BCUT2D eigenvalue weighted by atomic mass is 16.3. The van der Waals surface area contributed by atoms with E-state index in [2.05, 4.69) is 9.88 Å². The van der Waals surface area contributed by atoms with E-state index in [0.717, 1.165) is 42.9 Å². The summed E-state index contributed by atoms with van der Waals surface area (Å²) in [5.41, 5.74) is 2.49. The second-order valence-corrected chi connectivity index (χ2v) is 8.70. The summed E-state index contributed by atoms with van der Waals surface area (Å²) in [5.74, 6) is 1.46. The summed E-state index contributed by atoms with van der Waals surface area (Å²) in [6.45, 7) is 6.48. The van der Waals surface area contributed by atoms with Crippen LogP contribution in [0.5, 0.6) is 0 Å². The van der Waals surface area contributed by atoms with E-state index in [1.165, 1.54) is 12.8 Å². The van der Waals surface area contributed by atoms with Gasteiger partial charge < -0.3 is 14.2 Å². The lowest BCUT2D eigenvalue weighted by Crippen LogP contribution is -2.48. The van der Waals surface area contributed by atoms with E-state index in [-0.39, 0.29) is 17.5 Å². The average Bonchev–Trinajstić information content (AvgIpc) is 3.43. The molecule has 1 aliphatic carbocycles. The molecule has 162 valence electrons. The quantitative estimate of drug-likeness (QED) is 0.646. The van der Waals surface area contributed by atoms with Crippen molar-refractivity contribution < 1.29 is 9.21 Å². The van der Waals surface area contributed by atoms with Crippen LogP contribution in [0.2, 0.25) is 0 Å². The van der Waals surface area contributed by atoms with Crippen LogP contribution in [0, 0.1) is 13.8 Å². The van der Waals surface area contributed by atoms with Crippen LogP contribution in [0.15, 0.2) is 39.8 Å². The van der Waals surface area contributed by atoms with Crippen LogP contribution in [-0.4, -0.2) is 46.5 Å². The zero-order valence-corrected chi connectivity index (χ0v) is 18.1. The highest BCUT2D eigenvalue weighted by Gasteiger charge is 2.25. The third-order valence-corrected chi connectivity index (χ3v) is 6.69. The summed E-state index contributed by atoms with van der Waals surface area (Å²) in [7, 11) is 0. The molecule has 3 heterocycles. The summed E-state index contributed by atoms with van der Waals surface area (Å²) in [6.07, 6.45) is 6.21. The second kappa shape index (κ2) is 7.87. The summed E-state index contributed by atoms with van der Waals surface area (Å²) in [4.78, 5) is 34.5. The molecular formula is C24H28N4O3. The van der Waals surface area contributed by atoms with Crippen LogP contribution in [0.3, 0.4) is 0 Å². The van der Waals surface area contributed by atoms with Crippen LogP contribution < -0.4 is 10.5 Å². The Hall–Kier alpha value is -3.09. The fourth-order valence-corrected chi connectivity index (χ4v) is 4.94. The first kappa shape index (κ1) is 19.8. The Morgan fingerprint density at radius 2 is 1.81 bits per heavy atom. The lowest BCUT2D eigenvalue weighted by molar-refractivity contribution is 0.0745. The number of piperazine rings is 1. The Balaban J connectivity index is 1.31. The molecule has 0 atom stereocenters. The van der Waals surface area contributed by atoms with Crippen molar-refractivity contribution in [3.8, 4) is 0 Å². The monoisotopic (exact) mass is 420 g/mol. The Bertz CT molecular complexity index is 1180. The Kier molecular flexibility index (Phi) is 5.04. The molecular weight excluding hydrogens is 392 g/mol. The van der Waals surface area contributed by atoms with Crippen LogP contribution in [-0.2, 0) is 0 Å². The number of aromatic nitrogens is 2. The van der Waals surface area contributed by atoms with Gasteiger partial charge in [-0.05, 0) is 51.0 Å². The molecule has 7 heteroatoms. The van der Waals surface area contributed by atoms with Gasteiger partial charge >= 0.3 is 0 Å². The van der Waals surface area contributed by atoms with Crippen LogP contribution in [0.25, 0.3) is 10.9 Å². The Labute approximate surface area is 181 Å². The van der Waals surface area contributed by atoms with Crippen molar-refractivity contribution in [1.29, 1.82) is 0 Å². The van der Waals surface area contributed by atoms with Gasteiger partial charge in [-0.3, -0.25) is 14.2 Å². The molecule has 1 saturated carbocycles. The zero-order chi connectivity index (χ0) is 21.5. The van der Waals surface area contributed by atoms with Gasteiger partial charge in [0.25, 0.3) is 11.5 Å². The molecule has 1 amide bonds. The molecule has 1 aliphatic heterocycles. The molecule has 1 saturated heterocycles. The van der Waals surface area contributed by atoms with Gasteiger partial charge in [0.1, 0.15) is 11.5 Å². The fourth-order valence-electron chi connectivity index (χ4n) is 4.94. The second-order valence-electron chi connectivity index (χ2n) is 8.70. The predicted molar refractivity (Wildman–Crippen MR) is 120 cm³/mol. The van der Waals surface area contributed by atoms with Gasteiger partial charge in [0.05, 0.1) is 22.8 Å². The minimum absolute atomic E-state index is 0.0293. The average molecular weight is 421 g/mol. The largest absolute Gasteiger partial charge is 0.466 e. The normalized spacial score (nSPS) is 17.6. The van der Waals surface area contributed by atoms with Gasteiger partial charge in [-0.15, -0.1) is 0 Å². The van der Waals surface area contributed by atoms with E-state index < -0.39 is 0 Å². The number of nitrogens with zero attached hydrogens (tertiary/aromatic N) is 4. The van der Waals surface area contributed by atoms with Gasteiger partial charge in [0.2, 0.25) is 0 Å². The molecule has 0 N–H and O–H groups in total. The van der Waals surface area contributed by atoms with E-state index in [4.69, 9.17) is 4.42 Å². The smallest absolute Gasteiger partial charge is 0.261 e. The molecule has 2 fully saturated rings. The van der Waals surface area contributed by atoms with E-state index >= 15 is 0 Å². The maximum absolute atomic E-state index is 12.9. The molecule has 0 spiro atoms. The van der Waals surface area contributed by atoms with Crippen molar-refractivity contribution in [2.75, 3.05) is 31.1 Å². The topological polar surface area (TPSA) is 71.6 Å². The number of hydrogen-bond acceptors (Lipinski definition) is 5. The molecule has 2 aliphatic rings. The van der Waals surface area contributed by atoms with Crippen molar-refractivity contribution >= 4 is 22.5 Å². The number of aryl methyl sites for hydroxylation is 2. The number of anilines is 1. The van der Waals surface area contributed by atoms with Crippen molar-refractivity contribution in [1.82, 2.24) is 14.5 Å².